The molecule has 2 rings (SSSR count). The minimum Gasteiger partial charge on any atom is -0.360 e. The topological polar surface area (TPSA) is 87.2 Å². The smallest absolute Gasteiger partial charge is 0.324 e. The molecule has 0 aromatic carbocycles. The van der Waals surface area contributed by atoms with Crippen molar-refractivity contribution < 1.29 is 9.59 Å². The molecule has 1 atom stereocenters. The zero-order chi connectivity index (χ0) is 14.5. The fraction of sp³-hybridized carbons (Fsp3) is 0.636. The monoisotopic (exact) mass is 315 g/mol. The Balaban J connectivity index is 1.90. The van der Waals surface area contributed by atoms with Crippen LogP contribution in [-0.4, -0.2) is 51.9 Å². The van der Waals surface area contributed by atoms with Crippen LogP contribution in [0.2, 0.25) is 0 Å². The number of hydrogen-bond donors (Lipinski definition) is 2. The zero-order valence-electron chi connectivity index (χ0n) is 11.4. The Hall–Kier alpha value is -1.35. The number of amides is 3. The third-order valence-corrected chi connectivity index (χ3v) is 4.73. The number of nitrogens with one attached hydrogen (secondary N) is 2. The van der Waals surface area contributed by atoms with Gasteiger partial charge in [-0.1, -0.05) is 30.0 Å². The first-order chi connectivity index (χ1) is 9.61. The van der Waals surface area contributed by atoms with Gasteiger partial charge in [0.1, 0.15) is 0 Å². The minimum absolute atomic E-state index is 0.191. The van der Waals surface area contributed by atoms with E-state index in [1.54, 1.807) is 6.92 Å². The molecule has 110 valence electrons. The van der Waals surface area contributed by atoms with Gasteiger partial charge in [0.2, 0.25) is 11.0 Å². The van der Waals surface area contributed by atoms with Crippen LogP contribution in [0.1, 0.15) is 20.3 Å². The minimum atomic E-state index is -0.356. The van der Waals surface area contributed by atoms with Gasteiger partial charge in [-0.05, 0) is 13.3 Å². The van der Waals surface area contributed by atoms with Gasteiger partial charge in [0.15, 0.2) is 4.34 Å². The number of carbonyl (C=O) groups is 2. The average molecular weight is 315 g/mol. The summed E-state index contributed by atoms with van der Waals surface area (Å²) in [5.41, 5.74) is 0. The number of carbonyl (C=O) groups excluding carboxylic acids is 2. The molecule has 1 unspecified atom stereocenters. The number of aromatic nitrogens is 2. The molecule has 20 heavy (non-hydrogen) atoms. The van der Waals surface area contributed by atoms with Crippen LogP contribution in [0.5, 0.6) is 0 Å². The first-order valence-electron chi connectivity index (χ1n) is 6.45. The van der Waals surface area contributed by atoms with Gasteiger partial charge in [-0.25, -0.2) is 4.79 Å². The molecule has 1 aliphatic heterocycles. The molecule has 9 heteroatoms. The summed E-state index contributed by atoms with van der Waals surface area (Å²) in [5.74, 6) is -0.191. The number of thioether (sulfide) groups is 1. The van der Waals surface area contributed by atoms with Gasteiger partial charge in [0.05, 0.1) is 5.25 Å². The summed E-state index contributed by atoms with van der Waals surface area (Å²) in [7, 11) is 0. The van der Waals surface area contributed by atoms with E-state index >= 15 is 0 Å². The number of anilines is 1. The summed E-state index contributed by atoms with van der Waals surface area (Å²) in [4.78, 5) is 24.8. The van der Waals surface area contributed by atoms with Crippen LogP contribution in [0.25, 0.3) is 0 Å². The van der Waals surface area contributed by atoms with Gasteiger partial charge in [-0.2, -0.15) is 0 Å². The largest absolute Gasteiger partial charge is 0.360 e. The molecule has 0 spiro atoms. The van der Waals surface area contributed by atoms with E-state index in [4.69, 9.17) is 0 Å². The third kappa shape index (κ3) is 3.60. The highest BCUT2D eigenvalue weighted by molar-refractivity contribution is 8.02. The van der Waals surface area contributed by atoms with Crippen LogP contribution >= 0.6 is 23.1 Å². The number of nitrogens with zero attached hydrogens (tertiary/aromatic N) is 3. The van der Waals surface area contributed by atoms with Gasteiger partial charge in [-0.3, -0.25) is 9.69 Å². The molecule has 0 aliphatic carbocycles. The van der Waals surface area contributed by atoms with E-state index < -0.39 is 0 Å². The van der Waals surface area contributed by atoms with Gasteiger partial charge >= 0.3 is 6.03 Å². The van der Waals surface area contributed by atoms with Crippen molar-refractivity contribution in [3.8, 4) is 0 Å². The molecule has 0 radical (unpaired) electrons. The van der Waals surface area contributed by atoms with E-state index in [2.05, 4.69) is 27.8 Å². The predicted octanol–water partition coefficient (Wildman–Crippen LogP) is 1.39. The highest BCUT2D eigenvalue weighted by atomic mass is 32.2. The fourth-order valence-electron chi connectivity index (χ4n) is 1.66. The summed E-state index contributed by atoms with van der Waals surface area (Å²) in [5, 5.41) is 14.2. The van der Waals surface area contributed by atoms with Crippen molar-refractivity contribution in [1.29, 1.82) is 0 Å². The maximum Gasteiger partial charge on any atom is 0.324 e. The molecule has 0 bridgehead atoms. The van der Waals surface area contributed by atoms with Gasteiger partial charge in [0.25, 0.3) is 0 Å². The van der Waals surface area contributed by atoms with Crippen LogP contribution in [0.3, 0.4) is 0 Å². The Bertz CT molecular complexity index is 493. The molecular weight excluding hydrogens is 298 g/mol. The van der Waals surface area contributed by atoms with Crippen LogP contribution in [0.15, 0.2) is 4.34 Å². The molecular formula is C11H17N5O2S2. The van der Waals surface area contributed by atoms with E-state index in [0.717, 1.165) is 22.4 Å². The first-order valence-corrected chi connectivity index (χ1v) is 8.14. The van der Waals surface area contributed by atoms with Crippen molar-refractivity contribution in [2.75, 3.05) is 25.0 Å². The Morgan fingerprint density at radius 1 is 1.60 bits per heavy atom. The number of rotatable bonds is 6. The van der Waals surface area contributed by atoms with Gasteiger partial charge in [-0.15, -0.1) is 10.2 Å². The Kier molecular flexibility index (Phi) is 5.18. The molecule has 1 aromatic heterocycles. The lowest BCUT2D eigenvalue weighted by molar-refractivity contribution is -0.126. The lowest BCUT2D eigenvalue weighted by Gasteiger charge is -2.16. The molecule has 3 amide bonds. The average Bonchev–Trinajstić information content (AvgIpc) is 3.04. The van der Waals surface area contributed by atoms with Crippen molar-refractivity contribution in [1.82, 2.24) is 20.4 Å². The summed E-state index contributed by atoms with van der Waals surface area (Å²) >= 11 is 2.75. The standard InChI is InChI=1S/C11H17N5O2S2/c1-3-4-12-9-14-15-11(20-9)19-7(2)8(17)16-6-5-13-10(16)18/h7H,3-6H2,1-2H3,(H,12,14)(H,13,18). The predicted molar refractivity (Wildman–Crippen MR) is 79.1 cm³/mol. The van der Waals surface area contributed by atoms with E-state index in [1.165, 1.54) is 28.0 Å². The molecule has 1 saturated heterocycles. The second-order valence-corrected chi connectivity index (χ2v) is 6.85. The quantitative estimate of drug-likeness (QED) is 0.772. The van der Waals surface area contributed by atoms with E-state index in [9.17, 15) is 9.59 Å². The molecule has 2 heterocycles. The summed E-state index contributed by atoms with van der Waals surface area (Å²) < 4.78 is 0.726. The van der Waals surface area contributed by atoms with Gasteiger partial charge in [0, 0.05) is 19.6 Å². The Labute approximate surface area is 125 Å². The molecule has 0 saturated carbocycles. The summed E-state index contributed by atoms with van der Waals surface area (Å²) in [6.07, 6.45) is 1.01. The number of imide groups is 1. The third-order valence-electron chi connectivity index (χ3n) is 2.68. The van der Waals surface area contributed by atoms with Crippen molar-refractivity contribution in [3.63, 3.8) is 0 Å². The summed E-state index contributed by atoms with van der Waals surface area (Å²) in [6, 6.07) is -0.315. The summed E-state index contributed by atoms with van der Waals surface area (Å²) in [6.45, 7) is 5.65. The van der Waals surface area contributed by atoms with E-state index in [1.807, 2.05) is 0 Å². The maximum absolute atomic E-state index is 12.1. The first kappa shape index (κ1) is 15.0. The van der Waals surface area contributed by atoms with Crippen molar-refractivity contribution in [2.45, 2.75) is 29.9 Å². The molecule has 1 fully saturated rings. The number of hydrogen-bond acceptors (Lipinski definition) is 7. The van der Waals surface area contributed by atoms with Crippen molar-refractivity contribution in [3.05, 3.63) is 0 Å². The van der Waals surface area contributed by atoms with Crippen LogP contribution in [0.4, 0.5) is 9.93 Å². The highest BCUT2D eigenvalue weighted by Gasteiger charge is 2.30. The Morgan fingerprint density at radius 3 is 3.05 bits per heavy atom. The SMILES string of the molecule is CCCNc1nnc(SC(C)C(=O)N2CCNC2=O)s1. The fourth-order valence-corrected chi connectivity index (χ4v) is 3.65. The van der Waals surface area contributed by atoms with E-state index in [0.29, 0.717) is 13.1 Å². The highest BCUT2D eigenvalue weighted by Crippen LogP contribution is 2.29. The van der Waals surface area contributed by atoms with E-state index in [-0.39, 0.29) is 17.2 Å². The van der Waals surface area contributed by atoms with Crippen LogP contribution < -0.4 is 10.6 Å². The molecule has 1 aliphatic rings. The van der Waals surface area contributed by atoms with Crippen molar-refractivity contribution >= 4 is 40.2 Å². The zero-order valence-corrected chi connectivity index (χ0v) is 13.0. The van der Waals surface area contributed by atoms with Crippen LogP contribution in [0, 0.1) is 0 Å². The molecule has 7 nitrogen and oxygen atoms in total. The second kappa shape index (κ2) is 6.89. The normalized spacial score (nSPS) is 16.1. The Morgan fingerprint density at radius 2 is 2.40 bits per heavy atom. The van der Waals surface area contributed by atoms with Gasteiger partial charge < -0.3 is 10.6 Å². The second-order valence-electron chi connectivity index (χ2n) is 4.28. The maximum atomic E-state index is 12.1. The number of urea groups is 1. The van der Waals surface area contributed by atoms with Crippen molar-refractivity contribution in [2.24, 2.45) is 0 Å². The molecule has 2 N–H and O–H groups in total. The lowest BCUT2D eigenvalue weighted by atomic mass is 10.4. The van der Waals surface area contributed by atoms with Crippen LogP contribution in [-0.2, 0) is 4.79 Å². The lowest BCUT2D eigenvalue weighted by Crippen LogP contribution is -2.38. The molecule has 1 aromatic rings.